The molecule has 0 atom stereocenters. The molecule has 45 heavy (non-hydrogen) atoms. The predicted molar refractivity (Wildman–Crippen MR) is 167 cm³/mol. The molecule has 3 aromatic rings. The fraction of sp³-hybridized carbons (Fsp3) is 0.500. The zero-order valence-corrected chi connectivity index (χ0v) is 27.2. The SMILES string of the molecule is COC(=O)c1c(C)cc(N2CCN(C(=O)c3cnc4c(n3)C3(CN4c4cc(C)c(F)c(F)c4)CC(C)(C)C3)C(C)(C)C2)nc1C. The van der Waals surface area contributed by atoms with Gasteiger partial charge in [-0.25, -0.2) is 28.5 Å². The van der Waals surface area contributed by atoms with Crippen molar-refractivity contribution in [1.29, 1.82) is 0 Å². The van der Waals surface area contributed by atoms with E-state index < -0.39 is 23.1 Å². The Morgan fingerprint density at radius 1 is 0.933 bits per heavy atom. The zero-order chi connectivity index (χ0) is 32.6. The van der Waals surface area contributed by atoms with Gasteiger partial charge in [0.1, 0.15) is 11.5 Å². The van der Waals surface area contributed by atoms with Crippen molar-refractivity contribution in [3.05, 3.63) is 69.8 Å². The predicted octanol–water partition coefficient (Wildman–Crippen LogP) is 5.81. The van der Waals surface area contributed by atoms with Crippen LogP contribution in [0.5, 0.6) is 0 Å². The van der Waals surface area contributed by atoms with Crippen molar-refractivity contribution in [3.63, 3.8) is 0 Å². The highest BCUT2D eigenvalue weighted by molar-refractivity contribution is 5.94. The van der Waals surface area contributed by atoms with Crippen molar-refractivity contribution < 1.29 is 23.1 Å². The first-order valence-corrected chi connectivity index (χ1v) is 15.3. The van der Waals surface area contributed by atoms with E-state index in [9.17, 15) is 18.4 Å². The standard InChI is InChI=1S/C34H40F2N6O3/c1-19-12-25(38-21(3)26(19)31(44)45-8)40-9-10-42(33(6,7)17-40)30(43)24-14-37-29-28(39-24)34(15-32(4,5)16-34)18-41(29)22-11-20(2)27(36)23(35)13-22/h11-14H,9-10,15-18H2,1-8H3. The number of amides is 1. The number of carbonyl (C=O) groups excluding carboxylic acids is 2. The molecular formula is C34H40F2N6O3. The van der Waals surface area contributed by atoms with Gasteiger partial charge in [0.25, 0.3) is 5.91 Å². The Morgan fingerprint density at radius 2 is 1.64 bits per heavy atom. The van der Waals surface area contributed by atoms with Gasteiger partial charge >= 0.3 is 5.97 Å². The lowest BCUT2D eigenvalue weighted by molar-refractivity contribution is 0.0500. The number of nitrogens with zero attached hydrogens (tertiary/aromatic N) is 6. The molecule has 1 spiro atoms. The number of hydrogen-bond donors (Lipinski definition) is 0. The van der Waals surface area contributed by atoms with Crippen LogP contribution in [-0.4, -0.2) is 70.6 Å². The van der Waals surface area contributed by atoms with Crippen LogP contribution in [0.1, 0.15) is 83.9 Å². The Balaban J connectivity index is 1.28. The van der Waals surface area contributed by atoms with E-state index in [2.05, 4.69) is 18.7 Å². The third kappa shape index (κ3) is 5.10. The summed E-state index contributed by atoms with van der Waals surface area (Å²) in [4.78, 5) is 46.6. The first-order chi connectivity index (χ1) is 21.1. The summed E-state index contributed by atoms with van der Waals surface area (Å²) < 4.78 is 33.5. The fourth-order valence-corrected chi connectivity index (χ4v) is 7.88. The summed E-state index contributed by atoms with van der Waals surface area (Å²) in [7, 11) is 1.36. The van der Waals surface area contributed by atoms with Crippen molar-refractivity contribution >= 4 is 29.2 Å². The molecule has 1 saturated carbocycles. The number of benzene rings is 1. The Hall–Kier alpha value is -4.15. The molecule has 2 aromatic heterocycles. The second kappa shape index (κ2) is 10.5. The number of carbonyl (C=O) groups is 2. The minimum absolute atomic E-state index is 0.0943. The molecule has 6 rings (SSSR count). The molecule has 3 aliphatic rings. The Labute approximate surface area is 262 Å². The van der Waals surface area contributed by atoms with Crippen LogP contribution in [0.25, 0.3) is 0 Å². The van der Waals surface area contributed by atoms with E-state index in [0.29, 0.717) is 48.9 Å². The molecule has 4 heterocycles. The number of aryl methyl sites for hydroxylation is 3. The molecule has 1 aromatic carbocycles. The van der Waals surface area contributed by atoms with Gasteiger partial charge in [-0.1, -0.05) is 13.8 Å². The number of anilines is 3. The number of esters is 1. The number of piperazine rings is 1. The van der Waals surface area contributed by atoms with Crippen molar-refractivity contribution in [1.82, 2.24) is 19.9 Å². The Morgan fingerprint density at radius 3 is 2.24 bits per heavy atom. The molecule has 2 fully saturated rings. The quantitative estimate of drug-likeness (QED) is 0.339. The molecule has 11 heteroatoms. The molecule has 1 aliphatic carbocycles. The van der Waals surface area contributed by atoms with E-state index in [0.717, 1.165) is 29.9 Å². The topological polar surface area (TPSA) is 91.8 Å². The minimum Gasteiger partial charge on any atom is -0.465 e. The number of methoxy groups -OCH3 is 1. The van der Waals surface area contributed by atoms with Crippen LogP contribution in [-0.2, 0) is 10.2 Å². The van der Waals surface area contributed by atoms with Crippen LogP contribution in [0, 0.1) is 37.8 Å². The van der Waals surface area contributed by atoms with Gasteiger partial charge in [-0.2, -0.15) is 0 Å². The largest absolute Gasteiger partial charge is 0.465 e. The molecule has 9 nitrogen and oxygen atoms in total. The van der Waals surface area contributed by atoms with Crippen LogP contribution in [0.4, 0.5) is 26.1 Å². The Bertz CT molecular complexity index is 1680. The highest BCUT2D eigenvalue weighted by Gasteiger charge is 2.57. The highest BCUT2D eigenvalue weighted by atomic mass is 19.2. The van der Waals surface area contributed by atoms with Gasteiger partial charge in [-0.15, -0.1) is 0 Å². The number of ether oxygens (including phenoxy) is 1. The van der Waals surface area contributed by atoms with E-state index in [1.54, 1.807) is 19.9 Å². The second-order valence-corrected chi connectivity index (χ2v) is 14.3. The van der Waals surface area contributed by atoms with Gasteiger partial charge < -0.3 is 19.4 Å². The Kier molecular flexibility index (Phi) is 7.17. The van der Waals surface area contributed by atoms with Gasteiger partial charge in [0.2, 0.25) is 0 Å². The summed E-state index contributed by atoms with van der Waals surface area (Å²) in [6.45, 7) is 15.7. The van der Waals surface area contributed by atoms with Crippen molar-refractivity contribution in [3.8, 4) is 0 Å². The number of pyridine rings is 1. The zero-order valence-electron chi connectivity index (χ0n) is 27.2. The molecule has 1 amide bonds. The van der Waals surface area contributed by atoms with Gasteiger partial charge in [-0.3, -0.25) is 4.79 Å². The average molecular weight is 619 g/mol. The molecule has 0 N–H and O–H groups in total. The summed E-state index contributed by atoms with van der Waals surface area (Å²) in [5.74, 6) is -1.03. The van der Waals surface area contributed by atoms with Crippen LogP contribution in [0.2, 0.25) is 0 Å². The summed E-state index contributed by atoms with van der Waals surface area (Å²) in [5.41, 5.74) is 2.83. The smallest absolute Gasteiger partial charge is 0.339 e. The molecule has 0 bridgehead atoms. The lowest BCUT2D eigenvalue weighted by Gasteiger charge is -2.51. The molecule has 2 aliphatic heterocycles. The van der Waals surface area contributed by atoms with E-state index in [1.807, 2.05) is 36.6 Å². The third-order valence-corrected chi connectivity index (χ3v) is 9.58. The monoisotopic (exact) mass is 618 g/mol. The highest BCUT2D eigenvalue weighted by Crippen LogP contribution is 2.60. The van der Waals surface area contributed by atoms with E-state index in [-0.39, 0.29) is 28.0 Å². The normalized spacial score (nSPS) is 19.4. The number of rotatable bonds is 4. The van der Waals surface area contributed by atoms with Crippen LogP contribution < -0.4 is 9.80 Å². The first-order valence-electron chi connectivity index (χ1n) is 15.3. The van der Waals surface area contributed by atoms with Crippen LogP contribution in [0.3, 0.4) is 0 Å². The summed E-state index contributed by atoms with van der Waals surface area (Å²) in [5, 5.41) is 0. The fourth-order valence-electron chi connectivity index (χ4n) is 7.88. The first kappa shape index (κ1) is 30.9. The van der Waals surface area contributed by atoms with Gasteiger partial charge in [-0.05, 0) is 76.1 Å². The third-order valence-electron chi connectivity index (χ3n) is 9.58. The van der Waals surface area contributed by atoms with Crippen molar-refractivity contribution in [2.75, 3.05) is 43.1 Å². The summed E-state index contributed by atoms with van der Waals surface area (Å²) in [6.07, 6.45) is 3.21. The maximum Gasteiger partial charge on any atom is 0.339 e. The molecule has 238 valence electrons. The van der Waals surface area contributed by atoms with E-state index in [4.69, 9.17) is 19.7 Å². The maximum absolute atomic E-state index is 14.5. The number of hydrogen-bond acceptors (Lipinski definition) is 8. The molecule has 0 unspecified atom stereocenters. The maximum atomic E-state index is 14.5. The van der Waals surface area contributed by atoms with Gasteiger partial charge in [0.15, 0.2) is 17.5 Å². The lowest BCUT2D eigenvalue weighted by atomic mass is 9.54. The summed E-state index contributed by atoms with van der Waals surface area (Å²) >= 11 is 0. The average Bonchev–Trinajstić information content (AvgIpc) is 3.27. The lowest BCUT2D eigenvalue weighted by Crippen LogP contribution is -2.61. The number of fused-ring (bicyclic) bond motifs is 2. The van der Waals surface area contributed by atoms with Gasteiger partial charge in [0.05, 0.1) is 35.8 Å². The molecule has 1 saturated heterocycles. The second-order valence-electron chi connectivity index (χ2n) is 14.3. The minimum atomic E-state index is -0.900. The van der Waals surface area contributed by atoms with Crippen molar-refractivity contribution in [2.24, 2.45) is 5.41 Å². The van der Waals surface area contributed by atoms with Gasteiger partial charge in [0, 0.05) is 43.3 Å². The summed E-state index contributed by atoms with van der Waals surface area (Å²) in [6, 6.07) is 4.73. The number of halogens is 2. The van der Waals surface area contributed by atoms with E-state index in [1.165, 1.54) is 19.4 Å². The molecule has 0 radical (unpaired) electrons. The van der Waals surface area contributed by atoms with Crippen LogP contribution >= 0.6 is 0 Å². The number of aromatic nitrogens is 3. The van der Waals surface area contributed by atoms with Crippen LogP contribution in [0.15, 0.2) is 24.4 Å². The molecular weight excluding hydrogens is 578 g/mol. The van der Waals surface area contributed by atoms with Crippen molar-refractivity contribution in [2.45, 2.75) is 72.3 Å². The van der Waals surface area contributed by atoms with E-state index >= 15 is 0 Å².